The van der Waals surface area contributed by atoms with E-state index in [2.05, 4.69) is 40.9 Å². The van der Waals surface area contributed by atoms with Crippen LogP contribution in [0, 0.1) is 5.92 Å². The van der Waals surface area contributed by atoms with E-state index < -0.39 is 0 Å². The van der Waals surface area contributed by atoms with Crippen LogP contribution in [0.1, 0.15) is 32.0 Å². The Hall–Kier alpha value is -1.69. The van der Waals surface area contributed by atoms with Gasteiger partial charge in [0.15, 0.2) is 5.65 Å². The number of nitrogens with zero attached hydrogens (tertiary/aromatic N) is 6. The lowest BCUT2D eigenvalue weighted by atomic mass is 9.98. The summed E-state index contributed by atoms with van der Waals surface area (Å²) in [7, 11) is 6.32. The number of fused-ring (bicyclic) bond motifs is 1. The molecule has 6 heteroatoms. The molecule has 0 aliphatic carbocycles. The summed E-state index contributed by atoms with van der Waals surface area (Å²) in [6.45, 7) is 5.60. The third-order valence-corrected chi connectivity index (χ3v) is 4.71. The Labute approximate surface area is 138 Å². The molecule has 0 spiro atoms. The van der Waals surface area contributed by atoms with Crippen molar-refractivity contribution >= 4 is 16.9 Å². The van der Waals surface area contributed by atoms with Crippen LogP contribution in [0.4, 0.5) is 5.82 Å². The van der Waals surface area contributed by atoms with Crippen LogP contribution in [0.5, 0.6) is 0 Å². The lowest BCUT2D eigenvalue weighted by molar-refractivity contribution is 0.213. The van der Waals surface area contributed by atoms with Gasteiger partial charge in [-0.05, 0) is 38.8 Å². The zero-order valence-corrected chi connectivity index (χ0v) is 14.8. The molecular weight excluding hydrogens is 288 g/mol. The van der Waals surface area contributed by atoms with E-state index >= 15 is 0 Å². The van der Waals surface area contributed by atoms with Crippen LogP contribution in [0.2, 0.25) is 0 Å². The number of aryl methyl sites for hydroxylation is 2. The van der Waals surface area contributed by atoms with Gasteiger partial charge in [0, 0.05) is 33.6 Å². The highest BCUT2D eigenvalue weighted by molar-refractivity contribution is 5.86. The van der Waals surface area contributed by atoms with Crippen molar-refractivity contribution in [1.29, 1.82) is 0 Å². The number of hydrogen-bond acceptors (Lipinski definition) is 5. The van der Waals surface area contributed by atoms with Crippen LogP contribution in [0.25, 0.3) is 11.0 Å². The lowest BCUT2D eigenvalue weighted by Crippen LogP contribution is -2.38. The second-order valence-corrected chi connectivity index (χ2v) is 6.87. The minimum atomic E-state index is 0.704. The summed E-state index contributed by atoms with van der Waals surface area (Å²) in [5.41, 5.74) is 0.936. The van der Waals surface area contributed by atoms with Crippen molar-refractivity contribution in [3.8, 4) is 0 Å². The molecule has 3 rings (SSSR count). The average Bonchev–Trinajstić information content (AvgIpc) is 2.88. The predicted octanol–water partition coefficient (Wildman–Crippen LogP) is 2.09. The first-order valence-corrected chi connectivity index (χ1v) is 8.66. The molecule has 126 valence electrons. The van der Waals surface area contributed by atoms with Crippen LogP contribution in [-0.4, -0.2) is 58.4 Å². The van der Waals surface area contributed by atoms with E-state index in [4.69, 9.17) is 4.98 Å². The smallest absolute Gasteiger partial charge is 0.163 e. The van der Waals surface area contributed by atoms with Gasteiger partial charge in [-0.15, -0.1) is 0 Å². The molecule has 0 radical (unpaired) electrons. The molecule has 6 nitrogen and oxygen atoms in total. The van der Waals surface area contributed by atoms with E-state index in [0.717, 1.165) is 42.1 Å². The summed E-state index contributed by atoms with van der Waals surface area (Å²) in [6.07, 6.45) is 6.46. The Morgan fingerprint density at radius 1 is 1.30 bits per heavy atom. The van der Waals surface area contributed by atoms with Crippen LogP contribution >= 0.6 is 0 Å². The van der Waals surface area contributed by atoms with Gasteiger partial charge in [0.2, 0.25) is 0 Å². The molecule has 0 aromatic carbocycles. The standard InChI is InChI=1S/C17H28N6/c1-5-7-15-19-16(14-10-18-23(4)17(14)20-15)22(3)12-13-8-6-9-21(2)11-13/h10,13H,5-9,11-12H2,1-4H3. The maximum atomic E-state index is 4.84. The lowest BCUT2D eigenvalue weighted by Gasteiger charge is -2.33. The van der Waals surface area contributed by atoms with Gasteiger partial charge in [-0.1, -0.05) is 6.92 Å². The summed E-state index contributed by atoms with van der Waals surface area (Å²) in [4.78, 5) is 14.3. The fraction of sp³-hybridized carbons (Fsp3) is 0.706. The van der Waals surface area contributed by atoms with Crippen molar-refractivity contribution in [2.45, 2.75) is 32.6 Å². The van der Waals surface area contributed by atoms with E-state index in [9.17, 15) is 0 Å². The first kappa shape index (κ1) is 16.2. The summed E-state index contributed by atoms with van der Waals surface area (Å²) in [6, 6.07) is 0. The zero-order chi connectivity index (χ0) is 16.4. The summed E-state index contributed by atoms with van der Waals surface area (Å²) in [5.74, 6) is 2.65. The Balaban J connectivity index is 1.87. The highest BCUT2D eigenvalue weighted by Gasteiger charge is 2.21. The van der Waals surface area contributed by atoms with Gasteiger partial charge in [-0.3, -0.25) is 4.68 Å². The minimum Gasteiger partial charge on any atom is -0.359 e. The number of hydrogen-bond donors (Lipinski definition) is 0. The monoisotopic (exact) mass is 316 g/mol. The van der Waals surface area contributed by atoms with Crippen LogP contribution in [0.15, 0.2) is 6.20 Å². The largest absolute Gasteiger partial charge is 0.359 e. The van der Waals surface area contributed by atoms with Gasteiger partial charge in [0.25, 0.3) is 0 Å². The molecule has 2 aromatic rings. The molecular formula is C17H28N6. The Kier molecular flexibility index (Phi) is 4.80. The zero-order valence-electron chi connectivity index (χ0n) is 14.8. The van der Waals surface area contributed by atoms with Crippen molar-refractivity contribution in [3.63, 3.8) is 0 Å². The Bertz CT molecular complexity index is 664. The highest BCUT2D eigenvalue weighted by Crippen LogP contribution is 2.25. The summed E-state index contributed by atoms with van der Waals surface area (Å²) < 4.78 is 1.85. The SMILES string of the molecule is CCCc1nc(N(C)CC2CCCN(C)C2)c2cnn(C)c2n1. The number of likely N-dealkylation sites (tertiary alicyclic amines) is 1. The number of piperidine rings is 1. The van der Waals surface area contributed by atoms with Crippen LogP contribution < -0.4 is 4.90 Å². The van der Waals surface area contributed by atoms with E-state index in [0.29, 0.717) is 5.92 Å². The first-order chi connectivity index (χ1) is 11.1. The molecule has 1 saturated heterocycles. The van der Waals surface area contributed by atoms with Crippen molar-refractivity contribution < 1.29 is 0 Å². The number of anilines is 1. The van der Waals surface area contributed by atoms with Crippen molar-refractivity contribution in [3.05, 3.63) is 12.0 Å². The summed E-state index contributed by atoms with van der Waals surface area (Å²) in [5, 5.41) is 5.43. The van der Waals surface area contributed by atoms with E-state index in [-0.39, 0.29) is 0 Å². The molecule has 1 aliphatic rings. The van der Waals surface area contributed by atoms with E-state index in [1.54, 1.807) is 0 Å². The van der Waals surface area contributed by atoms with Gasteiger partial charge in [-0.2, -0.15) is 5.10 Å². The minimum absolute atomic E-state index is 0.704. The topological polar surface area (TPSA) is 50.1 Å². The molecule has 23 heavy (non-hydrogen) atoms. The number of aromatic nitrogens is 4. The van der Waals surface area contributed by atoms with Gasteiger partial charge >= 0.3 is 0 Å². The fourth-order valence-corrected chi connectivity index (χ4v) is 3.57. The van der Waals surface area contributed by atoms with E-state index in [1.807, 2.05) is 17.9 Å². The van der Waals surface area contributed by atoms with E-state index in [1.165, 1.54) is 25.9 Å². The molecule has 1 unspecified atom stereocenters. The third kappa shape index (κ3) is 3.47. The summed E-state index contributed by atoms with van der Waals surface area (Å²) >= 11 is 0. The van der Waals surface area contributed by atoms with Crippen LogP contribution in [0.3, 0.4) is 0 Å². The second-order valence-electron chi connectivity index (χ2n) is 6.87. The Morgan fingerprint density at radius 3 is 2.87 bits per heavy atom. The average molecular weight is 316 g/mol. The fourth-order valence-electron chi connectivity index (χ4n) is 3.57. The molecule has 2 aromatic heterocycles. The van der Waals surface area contributed by atoms with Gasteiger partial charge in [0.05, 0.1) is 11.6 Å². The molecule has 0 bridgehead atoms. The van der Waals surface area contributed by atoms with Crippen LogP contribution in [-0.2, 0) is 13.5 Å². The second kappa shape index (κ2) is 6.83. The molecule has 1 atom stereocenters. The van der Waals surface area contributed by atoms with Gasteiger partial charge in [0.1, 0.15) is 11.6 Å². The van der Waals surface area contributed by atoms with Gasteiger partial charge in [-0.25, -0.2) is 9.97 Å². The molecule has 0 saturated carbocycles. The number of rotatable bonds is 5. The normalized spacial score (nSPS) is 19.4. The van der Waals surface area contributed by atoms with Crippen molar-refractivity contribution in [2.24, 2.45) is 13.0 Å². The maximum Gasteiger partial charge on any atom is 0.163 e. The first-order valence-electron chi connectivity index (χ1n) is 8.66. The van der Waals surface area contributed by atoms with Crippen molar-refractivity contribution in [2.75, 3.05) is 38.6 Å². The highest BCUT2D eigenvalue weighted by atomic mass is 15.3. The Morgan fingerprint density at radius 2 is 2.13 bits per heavy atom. The predicted molar refractivity (Wildman–Crippen MR) is 93.8 cm³/mol. The third-order valence-electron chi connectivity index (χ3n) is 4.71. The maximum absolute atomic E-state index is 4.84. The molecule has 0 N–H and O–H groups in total. The molecule has 3 heterocycles. The quantitative estimate of drug-likeness (QED) is 0.845. The molecule has 1 aliphatic heterocycles. The molecule has 0 amide bonds. The molecule has 1 fully saturated rings. The van der Waals surface area contributed by atoms with Crippen molar-refractivity contribution in [1.82, 2.24) is 24.6 Å². The van der Waals surface area contributed by atoms with Gasteiger partial charge < -0.3 is 9.80 Å².